The first-order valence-electron chi connectivity index (χ1n) is 10.3. The van der Waals surface area contributed by atoms with Gasteiger partial charge in [-0.1, -0.05) is 29.0 Å². The van der Waals surface area contributed by atoms with Gasteiger partial charge in [-0.3, -0.25) is 4.79 Å². The fourth-order valence-electron chi connectivity index (χ4n) is 3.63. The number of hydrogen-bond donors (Lipinski definition) is 3. The summed E-state index contributed by atoms with van der Waals surface area (Å²) in [4.78, 5) is 23.0. The minimum absolute atomic E-state index is 0.114. The number of carbonyl (C=O) groups is 1. The molecular formula is C22H27N5OS2. The lowest BCUT2D eigenvalue weighted by Crippen LogP contribution is -2.19. The highest BCUT2D eigenvalue weighted by Crippen LogP contribution is 2.31. The Morgan fingerprint density at radius 3 is 3.07 bits per heavy atom. The van der Waals surface area contributed by atoms with Crippen LogP contribution in [0.4, 0.5) is 10.8 Å². The number of aryl methyl sites for hydroxylation is 2. The van der Waals surface area contributed by atoms with Crippen LogP contribution in [0.2, 0.25) is 0 Å². The van der Waals surface area contributed by atoms with E-state index in [9.17, 15) is 4.79 Å². The second kappa shape index (κ2) is 9.76. The molecule has 2 saturated heterocycles. The minimum Gasteiger partial charge on any atom is -0.362 e. The minimum atomic E-state index is -0.114. The topological polar surface area (TPSA) is 78.4 Å². The number of amidine groups is 1. The maximum Gasteiger partial charge on any atom is 0.264 e. The SMILES string of the molecule is Cc1ccc(N=C2NC(=O)C(=Cc3cnc(NCCCC4CCNC4)s3)S2)c(C)c1. The monoisotopic (exact) mass is 441 g/mol. The number of thiazole rings is 1. The molecule has 0 aliphatic carbocycles. The van der Waals surface area contributed by atoms with Gasteiger partial charge in [0, 0.05) is 12.7 Å². The lowest BCUT2D eigenvalue weighted by Gasteiger charge is -2.07. The Hall–Kier alpha value is -2.16. The zero-order chi connectivity index (χ0) is 20.9. The number of aliphatic imine (C=N–C) groups is 1. The highest BCUT2D eigenvalue weighted by molar-refractivity contribution is 8.18. The number of rotatable bonds is 7. The lowest BCUT2D eigenvalue weighted by molar-refractivity contribution is -0.115. The van der Waals surface area contributed by atoms with E-state index in [2.05, 4.69) is 38.9 Å². The summed E-state index contributed by atoms with van der Waals surface area (Å²) in [6, 6.07) is 6.10. The molecule has 6 nitrogen and oxygen atoms in total. The molecule has 2 aliphatic rings. The van der Waals surface area contributed by atoms with Crippen LogP contribution < -0.4 is 16.0 Å². The second-order valence-electron chi connectivity index (χ2n) is 7.77. The van der Waals surface area contributed by atoms with Crippen LogP contribution in [0.5, 0.6) is 0 Å². The standard InChI is InChI=1S/C22H27N5OS2/c1-14-5-6-18(15(2)10-14)26-22-27-20(28)19(30-22)11-17-13-25-21(29-17)24-8-3-4-16-7-9-23-12-16/h5-6,10-11,13,16,23H,3-4,7-9,12H2,1-2H3,(H,24,25)(H,26,27,28). The Morgan fingerprint density at radius 1 is 1.37 bits per heavy atom. The van der Waals surface area contributed by atoms with E-state index < -0.39 is 0 Å². The number of aromatic nitrogens is 1. The van der Waals surface area contributed by atoms with Crippen LogP contribution in [0.15, 0.2) is 34.3 Å². The molecule has 2 fully saturated rings. The predicted octanol–water partition coefficient (Wildman–Crippen LogP) is 4.45. The molecule has 8 heteroatoms. The quantitative estimate of drug-likeness (QED) is 0.437. The average Bonchev–Trinajstić information content (AvgIpc) is 3.45. The zero-order valence-corrected chi connectivity index (χ0v) is 19.0. The summed E-state index contributed by atoms with van der Waals surface area (Å²) < 4.78 is 0. The van der Waals surface area contributed by atoms with E-state index in [0.717, 1.165) is 53.2 Å². The fourth-order valence-corrected chi connectivity index (χ4v) is 5.32. The van der Waals surface area contributed by atoms with Crippen molar-refractivity contribution in [3.05, 3.63) is 45.3 Å². The Kier molecular flexibility index (Phi) is 6.86. The second-order valence-corrected chi connectivity index (χ2v) is 9.86. The molecule has 1 aromatic heterocycles. The summed E-state index contributed by atoms with van der Waals surface area (Å²) in [5.41, 5.74) is 3.17. The first-order chi connectivity index (χ1) is 14.6. The van der Waals surface area contributed by atoms with E-state index in [1.807, 2.05) is 31.3 Å². The van der Waals surface area contributed by atoms with Gasteiger partial charge in [0.1, 0.15) is 0 Å². The third-order valence-electron chi connectivity index (χ3n) is 5.25. The molecule has 1 aromatic carbocycles. The van der Waals surface area contributed by atoms with Crippen LogP contribution in [-0.2, 0) is 4.79 Å². The summed E-state index contributed by atoms with van der Waals surface area (Å²) in [7, 11) is 0. The lowest BCUT2D eigenvalue weighted by atomic mass is 10.0. The molecule has 1 atom stereocenters. The predicted molar refractivity (Wildman–Crippen MR) is 128 cm³/mol. The molecule has 0 saturated carbocycles. The van der Waals surface area contributed by atoms with Crippen molar-refractivity contribution in [2.75, 3.05) is 25.0 Å². The van der Waals surface area contributed by atoms with Crippen molar-refractivity contribution in [3.63, 3.8) is 0 Å². The molecule has 0 bridgehead atoms. The van der Waals surface area contributed by atoms with Crippen LogP contribution in [-0.4, -0.2) is 35.7 Å². The number of nitrogens with one attached hydrogen (secondary N) is 3. The average molecular weight is 442 g/mol. The van der Waals surface area contributed by atoms with Crippen molar-refractivity contribution in [1.29, 1.82) is 0 Å². The van der Waals surface area contributed by atoms with E-state index >= 15 is 0 Å². The van der Waals surface area contributed by atoms with Gasteiger partial charge >= 0.3 is 0 Å². The molecule has 3 heterocycles. The third-order valence-corrected chi connectivity index (χ3v) is 7.06. The summed E-state index contributed by atoms with van der Waals surface area (Å²) in [5.74, 6) is 0.706. The van der Waals surface area contributed by atoms with Crippen LogP contribution in [0.25, 0.3) is 6.08 Å². The highest BCUT2D eigenvalue weighted by atomic mass is 32.2. The zero-order valence-electron chi connectivity index (χ0n) is 17.3. The van der Waals surface area contributed by atoms with Gasteiger partial charge in [-0.15, -0.1) is 0 Å². The molecule has 3 N–H and O–H groups in total. The molecule has 0 radical (unpaired) electrons. The smallest absolute Gasteiger partial charge is 0.264 e. The Bertz CT molecular complexity index is 976. The number of amides is 1. The first kappa shape index (κ1) is 21.1. The molecule has 1 unspecified atom stereocenters. The van der Waals surface area contributed by atoms with Gasteiger partial charge in [0.25, 0.3) is 5.91 Å². The number of nitrogens with zero attached hydrogens (tertiary/aromatic N) is 2. The van der Waals surface area contributed by atoms with E-state index in [1.54, 1.807) is 11.3 Å². The van der Waals surface area contributed by atoms with Gasteiger partial charge in [-0.05, 0) is 81.6 Å². The van der Waals surface area contributed by atoms with Gasteiger partial charge in [0.15, 0.2) is 10.3 Å². The van der Waals surface area contributed by atoms with Gasteiger partial charge < -0.3 is 16.0 Å². The molecule has 2 aliphatic heterocycles. The van der Waals surface area contributed by atoms with Crippen molar-refractivity contribution in [2.24, 2.45) is 10.9 Å². The molecule has 30 heavy (non-hydrogen) atoms. The Balaban J connectivity index is 1.33. The van der Waals surface area contributed by atoms with Crippen LogP contribution in [0.1, 0.15) is 35.3 Å². The number of anilines is 1. The number of hydrogen-bond acceptors (Lipinski definition) is 7. The number of thioether (sulfide) groups is 1. The van der Waals surface area contributed by atoms with Crippen molar-refractivity contribution >= 4 is 51.1 Å². The van der Waals surface area contributed by atoms with E-state index in [1.165, 1.54) is 30.2 Å². The third kappa shape index (κ3) is 5.50. The van der Waals surface area contributed by atoms with Crippen molar-refractivity contribution in [1.82, 2.24) is 15.6 Å². The van der Waals surface area contributed by atoms with E-state index in [0.29, 0.717) is 10.1 Å². The van der Waals surface area contributed by atoms with Crippen LogP contribution >= 0.6 is 23.1 Å². The Morgan fingerprint density at radius 2 is 2.27 bits per heavy atom. The first-order valence-corrected chi connectivity index (χ1v) is 12.0. The summed E-state index contributed by atoms with van der Waals surface area (Å²) in [6.45, 7) is 7.33. The van der Waals surface area contributed by atoms with Crippen molar-refractivity contribution in [2.45, 2.75) is 33.1 Å². The number of carbonyl (C=O) groups excluding carboxylic acids is 1. The molecule has 158 valence electrons. The van der Waals surface area contributed by atoms with Gasteiger partial charge in [-0.2, -0.15) is 0 Å². The summed E-state index contributed by atoms with van der Waals surface area (Å²) >= 11 is 2.94. The largest absolute Gasteiger partial charge is 0.362 e. The van der Waals surface area contributed by atoms with Gasteiger partial charge in [0.2, 0.25) is 0 Å². The van der Waals surface area contributed by atoms with E-state index in [-0.39, 0.29) is 5.91 Å². The van der Waals surface area contributed by atoms with Crippen molar-refractivity contribution in [3.8, 4) is 0 Å². The normalized spacial score (nSPS) is 21.5. The van der Waals surface area contributed by atoms with Crippen molar-refractivity contribution < 1.29 is 4.79 Å². The number of benzene rings is 1. The Labute approximate surface area is 185 Å². The van der Waals surface area contributed by atoms with E-state index in [4.69, 9.17) is 0 Å². The van der Waals surface area contributed by atoms with Crippen LogP contribution in [0, 0.1) is 19.8 Å². The van der Waals surface area contributed by atoms with Gasteiger partial charge in [-0.25, -0.2) is 9.98 Å². The van der Waals surface area contributed by atoms with Crippen LogP contribution in [0.3, 0.4) is 0 Å². The van der Waals surface area contributed by atoms with Gasteiger partial charge in [0.05, 0.1) is 15.5 Å². The molecular weight excluding hydrogens is 414 g/mol. The fraction of sp³-hybridized carbons (Fsp3) is 0.409. The maximum atomic E-state index is 12.3. The summed E-state index contributed by atoms with van der Waals surface area (Å²) in [6.07, 6.45) is 7.40. The molecule has 1 amide bonds. The maximum absolute atomic E-state index is 12.3. The molecule has 4 rings (SSSR count). The summed E-state index contributed by atoms with van der Waals surface area (Å²) in [5, 5.41) is 11.2. The molecule has 0 spiro atoms. The molecule has 2 aromatic rings. The highest BCUT2D eigenvalue weighted by Gasteiger charge is 2.24.